The summed E-state index contributed by atoms with van der Waals surface area (Å²) in [5.74, 6) is 1.37. The molecule has 0 spiro atoms. The van der Waals surface area contributed by atoms with Gasteiger partial charge in [0.1, 0.15) is 11.6 Å². The molecule has 1 N–H and O–H groups in total. The van der Waals surface area contributed by atoms with Crippen molar-refractivity contribution in [3.05, 3.63) is 53.5 Å². The van der Waals surface area contributed by atoms with Gasteiger partial charge in [-0.3, -0.25) is 9.48 Å². The molecule has 0 saturated carbocycles. The van der Waals surface area contributed by atoms with Crippen LogP contribution in [0, 0.1) is 0 Å². The van der Waals surface area contributed by atoms with E-state index in [2.05, 4.69) is 29.2 Å². The molecule has 3 aromatic rings. The van der Waals surface area contributed by atoms with Crippen molar-refractivity contribution in [3.63, 3.8) is 0 Å². The summed E-state index contributed by atoms with van der Waals surface area (Å²) >= 11 is 0. The zero-order valence-electron chi connectivity index (χ0n) is 15.1. The van der Waals surface area contributed by atoms with Crippen molar-refractivity contribution in [3.8, 4) is 11.4 Å². The van der Waals surface area contributed by atoms with Crippen molar-refractivity contribution in [1.82, 2.24) is 19.3 Å². The van der Waals surface area contributed by atoms with Crippen LogP contribution in [0.5, 0.6) is 0 Å². The fourth-order valence-electron chi connectivity index (χ4n) is 3.11. The van der Waals surface area contributed by atoms with Crippen molar-refractivity contribution in [2.75, 3.05) is 5.32 Å². The maximum atomic E-state index is 13.0. The minimum absolute atomic E-state index is 0.154. The van der Waals surface area contributed by atoms with Crippen molar-refractivity contribution < 1.29 is 4.79 Å². The Morgan fingerprint density at radius 2 is 1.92 bits per heavy atom. The number of benzene rings is 1. The molecule has 0 fully saturated rings. The van der Waals surface area contributed by atoms with E-state index in [1.807, 2.05) is 49.1 Å². The molecule has 0 aliphatic carbocycles. The lowest BCUT2D eigenvalue weighted by Crippen LogP contribution is -2.17. The topological polar surface area (TPSA) is 64.7 Å². The van der Waals surface area contributed by atoms with Gasteiger partial charge < -0.3 is 9.88 Å². The molecule has 0 saturated heterocycles. The molecule has 2 heterocycles. The highest BCUT2D eigenvalue weighted by Gasteiger charge is 2.19. The van der Waals surface area contributed by atoms with Gasteiger partial charge in [0.15, 0.2) is 0 Å². The second kappa shape index (κ2) is 6.93. The van der Waals surface area contributed by atoms with Crippen LogP contribution in [0.25, 0.3) is 11.4 Å². The molecule has 6 nitrogen and oxygen atoms in total. The molecule has 0 atom stereocenters. The highest BCUT2D eigenvalue weighted by molar-refractivity contribution is 6.08. The van der Waals surface area contributed by atoms with E-state index >= 15 is 0 Å². The normalized spacial score (nSPS) is 10.9. The van der Waals surface area contributed by atoms with Crippen LogP contribution < -0.4 is 5.32 Å². The number of amides is 1. The predicted molar refractivity (Wildman–Crippen MR) is 98.6 cm³/mol. The molecule has 6 heteroatoms. The fourth-order valence-corrected chi connectivity index (χ4v) is 3.11. The lowest BCUT2D eigenvalue weighted by molar-refractivity contribution is 0.102. The number of nitrogens with one attached hydrogen (secondary N) is 1. The molecule has 0 aliphatic rings. The monoisotopic (exact) mass is 337 g/mol. The molecular formula is C19H23N5O. The molecule has 1 aromatic carbocycles. The summed E-state index contributed by atoms with van der Waals surface area (Å²) < 4.78 is 3.65. The van der Waals surface area contributed by atoms with Crippen LogP contribution in [0.3, 0.4) is 0 Å². The third-order valence-corrected chi connectivity index (χ3v) is 4.38. The SMILES string of the molecule is CCc1nn(C)c(NC(=O)c2ccccc2-c2nccn2C)c1CC. The third kappa shape index (κ3) is 3.07. The Morgan fingerprint density at radius 3 is 2.56 bits per heavy atom. The fraction of sp³-hybridized carbons (Fsp3) is 0.316. The van der Waals surface area contributed by atoms with Crippen LogP contribution in [-0.4, -0.2) is 25.2 Å². The first-order valence-electron chi connectivity index (χ1n) is 8.49. The molecule has 0 radical (unpaired) electrons. The van der Waals surface area contributed by atoms with E-state index in [-0.39, 0.29) is 5.91 Å². The molecule has 1 amide bonds. The predicted octanol–water partition coefficient (Wildman–Crippen LogP) is 3.20. The van der Waals surface area contributed by atoms with E-state index < -0.39 is 0 Å². The number of anilines is 1. The molecule has 25 heavy (non-hydrogen) atoms. The molecule has 0 unspecified atom stereocenters. The Labute approximate surface area is 147 Å². The second-order valence-electron chi connectivity index (χ2n) is 5.97. The van der Waals surface area contributed by atoms with Crippen molar-refractivity contribution >= 4 is 11.7 Å². The summed E-state index contributed by atoms with van der Waals surface area (Å²) in [7, 11) is 3.78. The number of rotatable bonds is 5. The molecule has 0 aliphatic heterocycles. The van der Waals surface area contributed by atoms with E-state index in [9.17, 15) is 4.79 Å². The Kier molecular flexibility index (Phi) is 4.70. The van der Waals surface area contributed by atoms with Crippen molar-refractivity contribution in [2.45, 2.75) is 26.7 Å². The van der Waals surface area contributed by atoms with Gasteiger partial charge in [-0.1, -0.05) is 32.0 Å². The van der Waals surface area contributed by atoms with Crippen LogP contribution in [-0.2, 0) is 26.9 Å². The summed E-state index contributed by atoms with van der Waals surface area (Å²) in [6.07, 6.45) is 5.27. The van der Waals surface area contributed by atoms with Crippen molar-refractivity contribution in [2.24, 2.45) is 14.1 Å². The van der Waals surface area contributed by atoms with Gasteiger partial charge in [-0.25, -0.2) is 4.98 Å². The van der Waals surface area contributed by atoms with Gasteiger partial charge in [0, 0.05) is 37.6 Å². The summed E-state index contributed by atoms with van der Waals surface area (Å²) in [4.78, 5) is 17.3. The van der Waals surface area contributed by atoms with Crippen LogP contribution in [0.15, 0.2) is 36.7 Å². The third-order valence-electron chi connectivity index (χ3n) is 4.38. The number of carbonyl (C=O) groups excluding carboxylic acids is 1. The van der Waals surface area contributed by atoms with E-state index in [1.54, 1.807) is 10.9 Å². The average Bonchev–Trinajstić information content (AvgIpc) is 3.18. The highest BCUT2D eigenvalue weighted by atomic mass is 16.1. The van der Waals surface area contributed by atoms with E-state index in [0.29, 0.717) is 5.56 Å². The number of hydrogen-bond acceptors (Lipinski definition) is 3. The number of aromatic nitrogens is 4. The van der Waals surface area contributed by atoms with Gasteiger partial charge in [-0.05, 0) is 18.9 Å². The molecule has 0 bridgehead atoms. The Morgan fingerprint density at radius 1 is 1.16 bits per heavy atom. The Bertz CT molecular complexity index is 906. The standard InChI is InChI=1S/C19H23N5O/c1-5-13-16(6-2)22-24(4)18(13)21-19(25)15-10-8-7-9-14(15)17-20-11-12-23(17)3/h7-12H,5-6H2,1-4H3,(H,21,25). The summed E-state index contributed by atoms with van der Waals surface area (Å²) in [5.41, 5.74) is 3.52. The van der Waals surface area contributed by atoms with Crippen LogP contribution in [0.4, 0.5) is 5.82 Å². The molecule has 3 rings (SSSR count). The van der Waals surface area contributed by atoms with E-state index in [0.717, 1.165) is 41.3 Å². The molecular weight excluding hydrogens is 314 g/mol. The second-order valence-corrected chi connectivity index (χ2v) is 5.97. The average molecular weight is 337 g/mol. The first-order chi connectivity index (χ1) is 12.1. The van der Waals surface area contributed by atoms with E-state index in [4.69, 9.17) is 0 Å². The number of carbonyl (C=O) groups is 1. The van der Waals surface area contributed by atoms with Gasteiger partial charge in [-0.15, -0.1) is 0 Å². The molecule has 2 aromatic heterocycles. The van der Waals surface area contributed by atoms with Crippen LogP contribution in [0.2, 0.25) is 0 Å². The summed E-state index contributed by atoms with van der Waals surface area (Å²) in [5, 5.41) is 7.57. The smallest absolute Gasteiger partial charge is 0.257 e. The summed E-state index contributed by atoms with van der Waals surface area (Å²) in [6, 6.07) is 7.51. The zero-order chi connectivity index (χ0) is 18.0. The highest BCUT2D eigenvalue weighted by Crippen LogP contribution is 2.25. The Balaban J connectivity index is 1.99. The summed E-state index contributed by atoms with van der Waals surface area (Å²) in [6.45, 7) is 4.15. The van der Waals surface area contributed by atoms with Gasteiger partial charge in [0.2, 0.25) is 0 Å². The number of aryl methyl sites for hydroxylation is 3. The largest absolute Gasteiger partial charge is 0.334 e. The number of nitrogens with zero attached hydrogens (tertiary/aromatic N) is 4. The van der Waals surface area contributed by atoms with Crippen LogP contribution in [0.1, 0.15) is 35.5 Å². The minimum atomic E-state index is -0.154. The van der Waals surface area contributed by atoms with Crippen LogP contribution >= 0.6 is 0 Å². The minimum Gasteiger partial charge on any atom is -0.334 e. The van der Waals surface area contributed by atoms with E-state index in [1.165, 1.54) is 0 Å². The first kappa shape index (κ1) is 17.0. The Hall–Kier alpha value is -2.89. The quantitative estimate of drug-likeness (QED) is 0.777. The molecule has 130 valence electrons. The van der Waals surface area contributed by atoms with Gasteiger partial charge >= 0.3 is 0 Å². The maximum Gasteiger partial charge on any atom is 0.257 e. The number of imidazole rings is 1. The first-order valence-corrected chi connectivity index (χ1v) is 8.49. The lowest BCUT2D eigenvalue weighted by Gasteiger charge is -2.11. The van der Waals surface area contributed by atoms with Crippen molar-refractivity contribution in [1.29, 1.82) is 0 Å². The lowest BCUT2D eigenvalue weighted by atomic mass is 10.1. The van der Waals surface area contributed by atoms with Gasteiger partial charge in [0.25, 0.3) is 5.91 Å². The maximum absolute atomic E-state index is 13.0. The van der Waals surface area contributed by atoms with Gasteiger partial charge in [-0.2, -0.15) is 5.10 Å². The zero-order valence-corrected chi connectivity index (χ0v) is 15.1. The van der Waals surface area contributed by atoms with Gasteiger partial charge in [0.05, 0.1) is 11.3 Å². The number of hydrogen-bond donors (Lipinski definition) is 1.